The van der Waals surface area contributed by atoms with Crippen LogP contribution in [0.4, 0.5) is 22.0 Å². The SMILES string of the molecule is O=C(NC1CCc2c(F)cc(F)cc2C1)C(F)(F)F. The van der Waals surface area contributed by atoms with Crippen LogP contribution < -0.4 is 5.32 Å². The van der Waals surface area contributed by atoms with Gasteiger partial charge in [-0.15, -0.1) is 0 Å². The van der Waals surface area contributed by atoms with Crippen molar-refractivity contribution in [1.29, 1.82) is 0 Å². The Bertz CT molecular complexity index is 512. The molecule has 0 saturated carbocycles. The highest BCUT2D eigenvalue weighted by atomic mass is 19.4. The number of benzene rings is 1. The van der Waals surface area contributed by atoms with Gasteiger partial charge in [-0.05, 0) is 36.5 Å². The normalized spacial score (nSPS) is 18.9. The molecule has 1 atom stereocenters. The van der Waals surface area contributed by atoms with Crippen LogP contribution in [0.1, 0.15) is 17.5 Å². The van der Waals surface area contributed by atoms with Crippen molar-refractivity contribution in [2.45, 2.75) is 31.5 Å². The Morgan fingerprint density at radius 2 is 1.95 bits per heavy atom. The Balaban J connectivity index is 2.12. The molecular formula is C12H10F5NO. The highest BCUT2D eigenvalue weighted by Gasteiger charge is 2.40. The molecule has 1 aliphatic carbocycles. The predicted octanol–water partition coefficient (Wildman–Crippen LogP) is 2.50. The Morgan fingerprint density at radius 1 is 1.26 bits per heavy atom. The molecule has 1 aromatic rings. The quantitative estimate of drug-likeness (QED) is 0.786. The fourth-order valence-corrected chi connectivity index (χ4v) is 2.20. The maximum absolute atomic E-state index is 13.4. The Morgan fingerprint density at radius 3 is 2.58 bits per heavy atom. The number of carbonyl (C=O) groups excluding carboxylic acids is 1. The van der Waals surface area contributed by atoms with E-state index in [0.29, 0.717) is 11.1 Å². The molecule has 1 aromatic carbocycles. The third-order valence-corrected chi connectivity index (χ3v) is 3.05. The third kappa shape index (κ3) is 3.02. The highest BCUT2D eigenvalue weighted by molar-refractivity contribution is 5.82. The summed E-state index contributed by atoms with van der Waals surface area (Å²) < 4.78 is 62.7. The summed E-state index contributed by atoms with van der Waals surface area (Å²) in [5.41, 5.74) is 0.607. The molecule has 7 heteroatoms. The molecule has 104 valence electrons. The van der Waals surface area contributed by atoms with Crippen LogP contribution in [0.3, 0.4) is 0 Å². The van der Waals surface area contributed by atoms with Gasteiger partial charge >= 0.3 is 12.1 Å². The summed E-state index contributed by atoms with van der Waals surface area (Å²) in [4.78, 5) is 10.8. The van der Waals surface area contributed by atoms with E-state index in [2.05, 4.69) is 0 Å². The minimum atomic E-state index is -4.95. The van der Waals surface area contributed by atoms with Crippen molar-refractivity contribution in [3.05, 3.63) is 34.9 Å². The van der Waals surface area contributed by atoms with Gasteiger partial charge in [0.05, 0.1) is 0 Å². The number of hydrogen-bond acceptors (Lipinski definition) is 1. The number of amides is 1. The van der Waals surface area contributed by atoms with Gasteiger partial charge in [-0.3, -0.25) is 4.79 Å². The second kappa shape index (κ2) is 4.79. The molecule has 0 aliphatic heterocycles. The zero-order valence-electron chi connectivity index (χ0n) is 9.65. The van der Waals surface area contributed by atoms with E-state index in [-0.39, 0.29) is 19.3 Å². The fraction of sp³-hybridized carbons (Fsp3) is 0.417. The van der Waals surface area contributed by atoms with Crippen LogP contribution in [0.25, 0.3) is 0 Å². The van der Waals surface area contributed by atoms with Crippen LogP contribution in [-0.4, -0.2) is 18.1 Å². The van der Waals surface area contributed by atoms with Crippen LogP contribution in [0.5, 0.6) is 0 Å². The average Bonchev–Trinajstić information content (AvgIpc) is 2.26. The zero-order valence-corrected chi connectivity index (χ0v) is 9.65. The first-order valence-electron chi connectivity index (χ1n) is 5.62. The Hall–Kier alpha value is -1.66. The molecule has 0 radical (unpaired) electrons. The van der Waals surface area contributed by atoms with Crippen molar-refractivity contribution in [3.63, 3.8) is 0 Å². The van der Waals surface area contributed by atoms with Gasteiger partial charge in [0.25, 0.3) is 0 Å². The summed E-state index contributed by atoms with van der Waals surface area (Å²) in [5.74, 6) is -3.51. The fourth-order valence-electron chi connectivity index (χ4n) is 2.20. The Labute approximate surface area is 105 Å². The smallest absolute Gasteiger partial charge is 0.345 e. The van der Waals surface area contributed by atoms with E-state index in [4.69, 9.17) is 0 Å². The highest BCUT2D eigenvalue weighted by Crippen LogP contribution is 2.26. The maximum Gasteiger partial charge on any atom is 0.471 e. The first-order chi connectivity index (χ1) is 8.77. The monoisotopic (exact) mass is 279 g/mol. The summed E-state index contributed by atoms with van der Waals surface area (Å²) in [7, 11) is 0. The number of hydrogen-bond donors (Lipinski definition) is 1. The topological polar surface area (TPSA) is 29.1 Å². The number of alkyl halides is 3. The van der Waals surface area contributed by atoms with E-state index >= 15 is 0 Å². The number of rotatable bonds is 1. The van der Waals surface area contributed by atoms with Crippen molar-refractivity contribution in [2.75, 3.05) is 0 Å². The van der Waals surface area contributed by atoms with Crippen molar-refractivity contribution in [2.24, 2.45) is 0 Å². The molecule has 1 unspecified atom stereocenters. The van der Waals surface area contributed by atoms with Crippen LogP contribution in [-0.2, 0) is 17.6 Å². The molecule has 1 N–H and O–H groups in total. The van der Waals surface area contributed by atoms with Gasteiger partial charge in [-0.2, -0.15) is 13.2 Å². The summed E-state index contributed by atoms with van der Waals surface area (Å²) >= 11 is 0. The van der Waals surface area contributed by atoms with Crippen molar-refractivity contribution >= 4 is 5.91 Å². The summed E-state index contributed by atoms with van der Waals surface area (Å²) in [6.45, 7) is 0. The van der Waals surface area contributed by atoms with Crippen LogP contribution in [0.15, 0.2) is 12.1 Å². The molecule has 0 saturated heterocycles. The van der Waals surface area contributed by atoms with E-state index in [9.17, 15) is 26.7 Å². The van der Waals surface area contributed by atoms with E-state index in [1.807, 2.05) is 5.32 Å². The van der Waals surface area contributed by atoms with E-state index < -0.39 is 29.8 Å². The Kier molecular flexibility index (Phi) is 3.47. The predicted molar refractivity (Wildman–Crippen MR) is 56.4 cm³/mol. The average molecular weight is 279 g/mol. The molecule has 0 heterocycles. The van der Waals surface area contributed by atoms with Gasteiger partial charge in [-0.1, -0.05) is 0 Å². The zero-order chi connectivity index (χ0) is 14.2. The van der Waals surface area contributed by atoms with Crippen molar-refractivity contribution in [3.8, 4) is 0 Å². The first-order valence-corrected chi connectivity index (χ1v) is 5.62. The molecule has 0 spiro atoms. The number of carbonyl (C=O) groups is 1. The van der Waals surface area contributed by atoms with Gasteiger partial charge in [-0.25, -0.2) is 8.78 Å². The molecule has 19 heavy (non-hydrogen) atoms. The lowest BCUT2D eigenvalue weighted by Gasteiger charge is -2.26. The summed E-state index contributed by atoms with van der Waals surface area (Å²) in [6, 6.07) is 1.07. The second-order valence-corrected chi connectivity index (χ2v) is 4.44. The molecule has 0 fully saturated rings. The van der Waals surface area contributed by atoms with Gasteiger partial charge in [0.15, 0.2) is 0 Å². The molecule has 1 aliphatic rings. The third-order valence-electron chi connectivity index (χ3n) is 3.05. The van der Waals surface area contributed by atoms with Crippen LogP contribution in [0.2, 0.25) is 0 Å². The summed E-state index contributed by atoms with van der Waals surface area (Å²) in [6.07, 6.45) is -4.60. The van der Waals surface area contributed by atoms with Crippen molar-refractivity contribution < 1.29 is 26.7 Å². The first kappa shape index (κ1) is 13.8. The van der Waals surface area contributed by atoms with E-state index in [1.165, 1.54) is 0 Å². The maximum atomic E-state index is 13.4. The minimum absolute atomic E-state index is 0.00810. The lowest BCUT2D eigenvalue weighted by atomic mass is 9.88. The molecule has 0 bridgehead atoms. The van der Waals surface area contributed by atoms with Crippen molar-refractivity contribution in [1.82, 2.24) is 5.32 Å². The van der Waals surface area contributed by atoms with E-state index in [1.54, 1.807) is 0 Å². The number of fused-ring (bicyclic) bond motifs is 1. The molecule has 1 amide bonds. The van der Waals surface area contributed by atoms with Gasteiger partial charge < -0.3 is 5.32 Å². The van der Waals surface area contributed by atoms with Crippen LogP contribution >= 0.6 is 0 Å². The lowest BCUT2D eigenvalue weighted by Crippen LogP contribution is -2.45. The van der Waals surface area contributed by atoms with Gasteiger partial charge in [0.2, 0.25) is 0 Å². The standard InChI is InChI=1S/C12H10F5NO/c13-7-3-6-4-8(18-11(19)12(15,16)17)1-2-9(6)10(14)5-7/h3,5,8H,1-2,4H2,(H,18,19). The lowest BCUT2D eigenvalue weighted by molar-refractivity contribution is -0.174. The van der Waals surface area contributed by atoms with Crippen LogP contribution in [0, 0.1) is 11.6 Å². The molecule has 2 nitrogen and oxygen atoms in total. The largest absolute Gasteiger partial charge is 0.471 e. The molecular weight excluding hydrogens is 269 g/mol. The van der Waals surface area contributed by atoms with Gasteiger partial charge in [0.1, 0.15) is 11.6 Å². The molecule has 2 rings (SSSR count). The minimum Gasteiger partial charge on any atom is -0.345 e. The molecule has 0 aromatic heterocycles. The number of nitrogens with one attached hydrogen (secondary N) is 1. The summed E-state index contributed by atoms with van der Waals surface area (Å²) in [5, 5.41) is 1.83. The number of halogens is 5. The van der Waals surface area contributed by atoms with Gasteiger partial charge in [0, 0.05) is 12.1 Å². The second-order valence-electron chi connectivity index (χ2n) is 4.44. The van der Waals surface area contributed by atoms with E-state index in [0.717, 1.165) is 12.1 Å².